The number of aromatic nitrogens is 1. The van der Waals surface area contributed by atoms with Crippen molar-refractivity contribution in [2.45, 2.75) is 18.5 Å². The Morgan fingerprint density at radius 1 is 1.19 bits per heavy atom. The predicted octanol–water partition coefficient (Wildman–Crippen LogP) is 2.75. The van der Waals surface area contributed by atoms with Crippen LogP contribution in [0.15, 0.2) is 52.5 Å². The Bertz CT molecular complexity index is 1130. The average Bonchev–Trinajstić information content (AvgIpc) is 3.49. The number of carbonyl (C=O) groups excluding carboxylic acids is 3. The Kier molecular flexibility index (Phi) is 5.78. The summed E-state index contributed by atoms with van der Waals surface area (Å²) in [6.45, 7) is 0. The van der Waals surface area contributed by atoms with Crippen LogP contribution in [-0.4, -0.2) is 44.8 Å². The molecule has 1 aromatic carbocycles. The van der Waals surface area contributed by atoms with Crippen LogP contribution in [0.1, 0.15) is 27.7 Å². The third kappa shape index (κ3) is 4.32. The number of benzene rings is 1. The summed E-state index contributed by atoms with van der Waals surface area (Å²) in [5, 5.41) is 19.1. The molecule has 0 radical (unpaired) electrons. The summed E-state index contributed by atoms with van der Waals surface area (Å²) in [5.74, 6) is -2.38. The first-order chi connectivity index (χ1) is 14.9. The fraction of sp³-hybridized carbons (Fsp3) is 0.150. The van der Waals surface area contributed by atoms with Crippen molar-refractivity contribution in [3.05, 3.63) is 69.4 Å². The van der Waals surface area contributed by atoms with Crippen LogP contribution < -0.4 is 10.6 Å². The van der Waals surface area contributed by atoms with Crippen LogP contribution >= 0.6 is 22.7 Å². The number of carboxylic acid groups (broad SMARTS) is 1. The number of carbonyl (C=O) groups is 4. The molecule has 4 rings (SSSR count). The Hall–Kier alpha value is -3.57. The van der Waals surface area contributed by atoms with Gasteiger partial charge in [-0.25, -0.2) is 19.5 Å². The van der Waals surface area contributed by atoms with Gasteiger partial charge in [-0.05, 0) is 28.0 Å². The summed E-state index contributed by atoms with van der Waals surface area (Å²) >= 11 is 2.34. The number of aromatic carboxylic acids is 1. The van der Waals surface area contributed by atoms with Crippen molar-refractivity contribution in [1.29, 1.82) is 0 Å². The topological polar surface area (TPSA) is 129 Å². The molecule has 31 heavy (non-hydrogen) atoms. The zero-order valence-corrected chi connectivity index (χ0v) is 17.5. The molecule has 4 amide bonds. The second kappa shape index (κ2) is 8.66. The second-order valence-electron chi connectivity index (χ2n) is 6.69. The van der Waals surface area contributed by atoms with E-state index in [1.165, 1.54) is 16.7 Å². The lowest BCUT2D eigenvalue weighted by Crippen LogP contribution is -2.49. The van der Waals surface area contributed by atoms with Gasteiger partial charge in [0.25, 0.3) is 5.91 Å². The Morgan fingerprint density at radius 3 is 2.61 bits per heavy atom. The zero-order chi connectivity index (χ0) is 22.0. The molecule has 9 nitrogen and oxygen atoms in total. The van der Waals surface area contributed by atoms with Crippen molar-refractivity contribution in [1.82, 2.24) is 15.2 Å². The van der Waals surface area contributed by atoms with Gasteiger partial charge >= 0.3 is 12.0 Å². The Morgan fingerprint density at radius 2 is 1.97 bits per heavy atom. The molecule has 2 unspecified atom stereocenters. The van der Waals surface area contributed by atoms with Gasteiger partial charge in [0.15, 0.2) is 10.8 Å². The van der Waals surface area contributed by atoms with Gasteiger partial charge in [-0.15, -0.1) is 11.3 Å². The number of thiophene rings is 1. The molecule has 158 valence electrons. The minimum atomic E-state index is -1.22. The number of urea groups is 1. The van der Waals surface area contributed by atoms with Gasteiger partial charge < -0.3 is 15.7 Å². The highest BCUT2D eigenvalue weighted by molar-refractivity contribution is 7.14. The Labute approximate surface area is 184 Å². The second-order valence-corrected chi connectivity index (χ2v) is 8.32. The fourth-order valence-corrected chi connectivity index (χ4v) is 4.58. The highest BCUT2D eigenvalue weighted by Gasteiger charge is 2.45. The van der Waals surface area contributed by atoms with E-state index in [2.05, 4.69) is 15.6 Å². The van der Waals surface area contributed by atoms with Crippen LogP contribution in [0, 0.1) is 0 Å². The number of carboxylic acids is 1. The number of nitrogens with zero attached hydrogens (tertiary/aromatic N) is 2. The first-order valence-electron chi connectivity index (χ1n) is 9.13. The molecule has 3 heterocycles. The van der Waals surface area contributed by atoms with Crippen molar-refractivity contribution in [3.63, 3.8) is 0 Å². The van der Waals surface area contributed by atoms with E-state index in [4.69, 9.17) is 5.11 Å². The normalized spacial score (nSPS) is 16.8. The van der Waals surface area contributed by atoms with Crippen LogP contribution in [0.25, 0.3) is 0 Å². The summed E-state index contributed by atoms with van der Waals surface area (Å²) in [5.41, 5.74) is 1.20. The van der Waals surface area contributed by atoms with Crippen molar-refractivity contribution in [3.8, 4) is 0 Å². The van der Waals surface area contributed by atoms with Crippen LogP contribution in [0.4, 0.5) is 9.93 Å². The summed E-state index contributed by atoms with van der Waals surface area (Å²) < 4.78 is 0. The van der Waals surface area contributed by atoms with Crippen molar-refractivity contribution < 1.29 is 24.3 Å². The minimum Gasteiger partial charge on any atom is -0.476 e. The predicted molar refractivity (Wildman–Crippen MR) is 114 cm³/mol. The highest BCUT2D eigenvalue weighted by Crippen LogP contribution is 2.27. The lowest BCUT2D eigenvalue weighted by Gasteiger charge is -2.24. The van der Waals surface area contributed by atoms with Gasteiger partial charge in [-0.3, -0.25) is 9.59 Å². The molecular formula is C20H16N4O5S2. The summed E-state index contributed by atoms with van der Waals surface area (Å²) in [4.78, 5) is 54.7. The van der Waals surface area contributed by atoms with Gasteiger partial charge in [0, 0.05) is 11.8 Å². The van der Waals surface area contributed by atoms with Crippen molar-refractivity contribution >= 4 is 51.6 Å². The number of rotatable bonds is 7. The molecule has 1 saturated heterocycles. The molecule has 0 saturated carbocycles. The maximum atomic E-state index is 13.1. The Balaban J connectivity index is 1.62. The van der Waals surface area contributed by atoms with E-state index in [1.54, 1.807) is 41.1 Å². The monoisotopic (exact) mass is 456 g/mol. The molecule has 0 spiro atoms. The zero-order valence-electron chi connectivity index (χ0n) is 15.8. The van der Waals surface area contributed by atoms with Gasteiger partial charge in [-0.1, -0.05) is 30.3 Å². The van der Waals surface area contributed by atoms with E-state index in [-0.39, 0.29) is 17.2 Å². The molecule has 3 aromatic rings. The van der Waals surface area contributed by atoms with Gasteiger partial charge in [0.1, 0.15) is 12.1 Å². The van der Waals surface area contributed by atoms with Gasteiger partial charge in [0.2, 0.25) is 5.91 Å². The molecule has 2 aromatic heterocycles. The molecule has 2 atom stereocenters. The molecule has 1 aliphatic rings. The molecule has 0 aliphatic carbocycles. The number of nitrogens with one attached hydrogen (secondary N) is 2. The van der Waals surface area contributed by atoms with Gasteiger partial charge in [-0.2, -0.15) is 11.3 Å². The molecule has 11 heteroatoms. The lowest BCUT2D eigenvalue weighted by atomic mass is 10.0. The smallest absolute Gasteiger partial charge is 0.355 e. The van der Waals surface area contributed by atoms with Crippen molar-refractivity contribution in [2.75, 3.05) is 5.32 Å². The number of anilines is 1. The van der Waals surface area contributed by atoms with Crippen LogP contribution in [0.2, 0.25) is 0 Å². The summed E-state index contributed by atoms with van der Waals surface area (Å²) in [6.07, 6.45) is 0.0966. The van der Waals surface area contributed by atoms with Gasteiger partial charge in [0.05, 0.1) is 0 Å². The van der Waals surface area contributed by atoms with E-state index in [0.717, 1.165) is 21.8 Å². The molecule has 3 N–H and O–H groups in total. The minimum absolute atomic E-state index is 0.0712. The number of hydrogen-bond acceptors (Lipinski definition) is 7. The molecular weight excluding hydrogens is 440 g/mol. The van der Waals surface area contributed by atoms with Crippen LogP contribution in [0.3, 0.4) is 0 Å². The van der Waals surface area contributed by atoms with Crippen LogP contribution in [0.5, 0.6) is 0 Å². The first kappa shape index (κ1) is 20.7. The van der Waals surface area contributed by atoms with E-state index in [1.807, 2.05) is 6.07 Å². The number of amides is 4. The quantitative estimate of drug-likeness (QED) is 0.469. The molecule has 1 aliphatic heterocycles. The van der Waals surface area contributed by atoms with E-state index in [9.17, 15) is 19.2 Å². The number of thiazole rings is 1. The van der Waals surface area contributed by atoms with E-state index >= 15 is 0 Å². The highest BCUT2D eigenvalue weighted by atomic mass is 32.1. The summed E-state index contributed by atoms with van der Waals surface area (Å²) in [7, 11) is 0. The average molecular weight is 457 g/mol. The lowest BCUT2D eigenvalue weighted by molar-refractivity contribution is -0.134. The van der Waals surface area contributed by atoms with E-state index in [0.29, 0.717) is 5.56 Å². The molecule has 0 bridgehead atoms. The standard InChI is InChI=1S/C20H16N4O5S2/c25-16(23-19-21-13(10-31-19)18(27)28)14(8-11-4-2-1-3-5-11)24-17(26)15(22-20(24)29)12-6-7-30-9-12/h1-7,9-10,14-15H,8H2,(H,22,29)(H,27,28)(H,21,23,25). The number of hydrogen-bond donors (Lipinski definition) is 3. The maximum absolute atomic E-state index is 13.1. The SMILES string of the molecule is O=C(O)c1csc(NC(=O)C(Cc2ccccc2)N2C(=O)NC(c3ccsc3)C2=O)n1. The fourth-order valence-electron chi connectivity index (χ4n) is 3.21. The van der Waals surface area contributed by atoms with Crippen molar-refractivity contribution in [2.24, 2.45) is 0 Å². The van der Waals surface area contributed by atoms with E-state index < -0.39 is 35.9 Å². The third-order valence-electron chi connectivity index (χ3n) is 4.69. The number of imide groups is 1. The van der Waals surface area contributed by atoms with Crippen LogP contribution in [-0.2, 0) is 16.0 Å². The maximum Gasteiger partial charge on any atom is 0.355 e. The summed E-state index contributed by atoms with van der Waals surface area (Å²) in [6, 6.07) is 8.08. The third-order valence-corrected chi connectivity index (χ3v) is 6.15. The first-order valence-corrected chi connectivity index (χ1v) is 11.0. The largest absolute Gasteiger partial charge is 0.476 e. The molecule has 1 fully saturated rings.